The number of hydrogen-bond acceptors (Lipinski definition) is 5. The fraction of sp³-hybridized carbons (Fsp3) is 0.316. The lowest BCUT2D eigenvalue weighted by atomic mass is 9.88. The number of nitrogens with one attached hydrogen (secondary N) is 1. The van der Waals surface area contributed by atoms with Gasteiger partial charge in [-0.3, -0.25) is 9.98 Å². The first-order valence-corrected chi connectivity index (χ1v) is 8.17. The Labute approximate surface area is 142 Å². The molecule has 5 nitrogen and oxygen atoms in total. The molecule has 0 bridgehead atoms. The van der Waals surface area contributed by atoms with Crippen LogP contribution in [0.3, 0.4) is 0 Å². The third kappa shape index (κ3) is 3.45. The molecule has 0 aliphatic carbocycles. The van der Waals surface area contributed by atoms with Gasteiger partial charge in [-0.1, -0.05) is 18.7 Å². The molecule has 1 aliphatic heterocycles. The fourth-order valence-corrected chi connectivity index (χ4v) is 2.90. The van der Waals surface area contributed by atoms with Gasteiger partial charge in [-0.15, -0.1) is 0 Å². The summed E-state index contributed by atoms with van der Waals surface area (Å²) in [5.74, 6) is 1.44. The molecule has 0 radical (unpaired) electrons. The van der Waals surface area contributed by atoms with Crippen LogP contribution in [-0.4, -0.2) is 15.8 Å². The molecule has 2 aromatic rings. The van der Waals surface area contributed by atoms with Crippen molar-refractivity contribution in [2.75, 3.05) is 5.32 Å². The number of nitrogens with zero attached hydrogens (tertiary/aromatic N) is 3. The van der Waals surface area contributed by atoms with Crippen molar-refractivity contribution in [3.05, 3.63) is 60.1 Å². The van der Waals surface area contributed by atoms with Crippen molar-refractivity contribution in [2.24, 2.45) is 10.7 Å². The number of pyridine rings is 2. The molecule has 3 rings (SSSR count). The SMILES string of the molecule is C=C(Nc1cccc([C@]2(C)CCCC(N)=N2)n1)c1ccc(C)cn1. The lowest BCUT2D eigenvalue weighted by Gasteiger charge is -2.29. The van der Waals surface area contributed by atoms with Crippen molar-refractivity contribution in [3.63, 3.8) is 0 Å². The summed E-state index contributed by atoms with van der Waals surface area (Å²) in [5, 5.41) is 3.24. The maximum Gasteiger partial charge on any atom is 0.130 e. The Morgan fingerprint density at radius 2 is 2.12 bits per heavy atom. The second-order valence-electron chi connectivity index (χ2n) is 6.46. The maximum absolute atomic E-state index is 5.94. The summed E-state index contributed by atoms with van der Waals surface area (Å²) < 4.78 is 0. The number of nitrogens with two attached hydrogens (primary N) is 1. The van der Waals surface area contributed by atoms with Crippen LogP contribution in [0.1, 0.15) is 43.1 Å². The van der Waals surface area contributed by atoms with Gasteiger partial charge in [-0.05, 0) is 50.5 Å². The summed E-state index contributed by atoms with van der Waals surface area (Å²) in [5.41, 5.74) is 9.14. The highest BCUT2D eigenvalue weighted by Crippen LogP contribution is 2.33. The number of aryl methyl sites for hydroxylation is 1. The molecule has 1 atom stereocenters. The van der Waals surface area contributed by atoms with Crippen LogP contribution in [0.15, 0.2) is 48.1 Å². The quantitative estimate of drug-likeness (QED) is 0.901. The first-order valence-electron chi connectivity index (χ1n) is 8.17. The first-order chi connectivity index (χ1) is 11.5. The predicted octanol–water partition coefficient (Wildman–Crippen LogP) is 3.62. The van der Waals surface area contributed by atoms with E-state index in [1.54, 1.807) is 0 Å². The predicted molar refractivity (Wildman–Crippen MR) is 98.7 cm³/mol. The van der Waals surface area contributed by atoms with Gasteiger partial charge < -0.3 is 11.1 Å². The molecule has 0 saturated heterocycles. The van der Waals surface area contributed by atoms with Crippen molar-refractivity contribution in [1.29, 1.82) is 0 Å². The topological polar surface area (TPSA) is 76.2 Å². The molecule has 0 unspecified atom stereocenters. The Kier molecular flexibility index (Phi) is 4.34. The molecule has 1 aliphatic rings. The highest BCUT2D eigenvalue weighted by Gasteiger charge is 2.30. The molecular weight excluding hydrogens is 298 g/mol. The molecule has 3 N–H and O–H groups in total. The first kappa shape index (κ1) is 16.2. The van der Waals surface area contributed by atoms with E-state index in [-0.39, 0.29) is 5.54 Å². The molecule has 2 aromatic heterocycles. The Balaban J connectivity index is 1.82. The summed E-state index contributed by atoms with van der Waals surface area (Å²) in [6.45, 7) is 8.15. The van der Waals surface area contributed by atoms with E-state index in [1.165, 1.54) is 0 Å². The summed E-state index contributed by atoms with van der Waals surface area (Å²) in [6, 6.07) is 9.86. The molecule has 24 heavy (non-hydrogen) atoms. The number of aromatic nitrogens is 2. The minimum absolute atomic E-state index is 0.358. The van der Waals surface area contributed by atoms with Gasteiger partial charge in [0.15, 0.2) is 0 Å². The number of anilines is 1. The standard InChI is InChI=1S/C19H23N5/c1-13-9-10-15(21-12-13)14(2)22-18-8-4-6-16(23-18)19(3)11-5-7-17(20)24-19/h4,6,8-10,12H,2,5,7,11H2,1,3H3,(H2,20,24)(H,22,23)/t19-/m0/s1. The lowest BCUT2D eigenvalue weighted by Crippen LogP contribution is -2.30. The number of rotatable bonds is 4. The Bertz CT molecular complexity index is 779. The van der Waals surface area contributed by atoms with Gasteiger partial charge in [0.2, 0.25) is 0 Å². The van der Waals surface area contributed by atoms with Gasteiger partial charge in [0.25, 0.3) is 0 Å². The van der Waals surface area contributed by atoms with E-state index >= 15 is 0 Å². The Hall–Kier alpha value is -2.69. The molecule has 0 spiro atoms. The van der Waals surface area contributed by atoms with Crippen molar-refractivity contribution >= 4 is 17.4 Å². The fourth-order valence-electron chi connectivity index (χ4n) is 2.90. The average Bonchev–Trinajstić information content (AvgIpc) is 2.55. The second-order valence-corrected chi connectivity index (χ2v) is 6.46. The highest BCUT2D eigenvalue weighted by atomic mass is 15.0. The van der Waals surface area contributed by atoms with Gasteiger partial charge in [0, 0.05) is 12.6 Å². The Morgan fingerprint density at radius 3 is 2.83 bits per heavy atom. The van der Waals surface area contributed by atoms with E-state index in [2.05, 4.69) is 28.8 Å². The van der Waals surface area contributed by atoms with Crippen LogP contribution in [0.2, 0.25) is 0 Å². The second kappa shape index (κ2) is 6.43. The van der Waals surface area contributed by atoms with Crippen LogP contribution >= 0.6 is 0 Å². The number of hydrogen-bond donors (Lipinski definition) is 2. The third-order valence-electron chi connectivity index (χ3n) is 4.29. The Morgan fingerprint density at radius 1 is 1.29 bits per heavy atom. The van der Waals surface area contributed by atoms with Gasteiger partial charge >= 0.3 is 0 Å². The lowest BCUT2D eigenvalue weighted by molar-refractivity contribution is 0.413. The smallest absolute Gasteiger partial charge is 0.130 e. The third-order valence-corrected chi connectivity index (χ3v) is 4.29. The van der Waals surface area contributed by atoms with E-state index in [9.17, 15) is 0 Å². The van der Waals surface area contributed by atoms with Crippen LogP contribution in [-0.2, 0) is 5.54 Å². The minimum atomic E-state index is -0.358. The number of amidine groups is 1. The molecule has 0 fully saturated rings. The maximum atomic E-state index is 5.94. The van der Waals surface area contributed by atoms with Crippen molar-refractivity contribution in [2.45, 2.75) is 38.6 Å². The summed E-state index contributed by atoms with van der Waals surface area (Å²) in [6.07, 6.45) is 4.67. The zero-order chi connectivity index (χ0) is 17.2. The zero-order valence-electron chi connectivity index (χ0n) is 14.2. The van der Waals surface area contributed by atoms with E-state index in [4.69, 9.17) is 10.7 Å². The van der Waals surface area contributed by atoms with Gasteiger partial charge in [-0.2, -0.15) is 0 Å². The van der Waals surface area contributed by atoms with Crippen LogP contribution in [0, 0.1) is 6.92 Å². The van der Waals surface area contributed by atoms with E-state index in [0.29, 0.717) is 5.84 Å². The molecular formula is C19H23N5. The summed E-state index contributed by atoms with van der Waals surface area (Å²) >= 11 is 0. The molecule has 0 amide bonds. The normalized spacial score (nSPS) is 20.3. The van der Waals surface area contributed by atoms with Crippen molar-refractivity contribution < 1.29 is 0 Å². The van der Waals surface area contributed by atoms with Gasteiger partial charge in [0.05, 0.1) is 22.9 Å². The summed E-state index contributed by atoms with van der Waals surface area (Å²) in [4.78, 5) is 13.7. The van der Waals surface area contributed by atoms with Crippen LogP contribution < -0.4 is 11.1 Å². The minimum Gasteiger partial charge on any atom is -0.387 e. The monoisotopic (exact) mass is 321 g/mol. The highest BCUT2D eigenvalue weighted by molar-refractivity contribution is 5.81. The largest absolute Gasteiger partial charge is 0.387 e. The molecule has 124 valence electrons. The van der Waals surface area contributed by atoms with Crippen LogP contribution in [0.4, 0.5) is 5.82 Å². The van der Waals surface area contributed by atoms with Crippen molar-refractivity contribution in [3.8, 4) is 0 Å². The molecule has 0 aromatic carbocycles. The molecule has 5 heteroatoms. The van der Waals surface area contributed by atoms with Crippen LogP contribution in [0.5, 0.6) is 0 Å². The van der Waals surface area contributed by atoms with E-state index in [1.807, 2.05) is 43.5 Å². The van der Waals surface area contributed by atoms with E-state index in [0.717, 1.165) is 47.7 Å². The average molecular weight is 321 g/mol. The van der Waals surface area contributed by atoms with Gasteiger partial charge in [-0.25, -0.2) is 4.98 Å². The van der Waals surface area contributed by atoms with E-state index < -0.39 is 0 Å². The number of aliphatic imine (C=N–C) groups is 1. The zero-order valence-corrected chi connectivity index (χ0v) is 14.2. The van der Waals surface area contributed by atoms with Gasteiger partial charge in [0.1, 0.15) is 11.4 Å². The van der Waals surface area contributed by atoms with Crippen LogP contribution in [0.25, 0.3) is 5.70 Å². The molecule has 3 heterocycles. The van der Waals surface area contributed by atoms with Crippen molar-refractivity contribution in [1.82, 2.24) is 9.97 Å². The summed E-state index contributed by atoms with van der Waals surface area (Å²) in [7, 11) is 0. The molecule has 0 saturated carbocycles.